The smallest absolute Gasteiger partial charge is 0.342 e. The lowest BCUT2D eigenvalue weighted by atomic mass is 10.5. The summed E-state index contributed by atoms with van der Waals surface area (Å²) in [5.41, 5.74) is 4.00. The minimum absolute atomic E-state index is 0.697. The summed E-state index contributed by atoms with van der Waals surface area (Å²) in [4.78, 5) is 10.6. The van der Waals surface area contributed by atoms with Crippen LogP contribution >= 0.6 is 7.60 Å². The van der Waals surface area contributed by atoms with Gasteiger partial charge in [0.1, 0.15) is 5.66 Å². The van der Waals surface area contributed by atoms with Crippen LogP contribution in [-0.4, -0.2) is 25.8 Å². The van der Waals surface area contributed by atoms with Gasteiger partial charge in [-0.3, -0.25) is 9.36 Å². The van der Waals surface area contributed by atoms with E-state index >= 15 is 0 Å². The van der Waals surface area contributed by atoms with Crippen LogP contribution in [0.1, 0.15) is 6.92 Å². The van der Waals surface area contributed by atoms with Gasteiger partial charge in [0.15, 0.2) is 0 Å². The Labute approximate surface area is 65.4 Å². The fraction of sp³-hybridized carbons (Fsp3) is 0.800. The first-order valence-corrected chi connectivity index (χ1v) is 4.59. The Bertz CT molecular complexity index is 185. The minimum Gasteiger partial charge on any atom is -0.369 e. The number of hydrogen-bond donors (Lipinski definition) is 1. The maximum absolute atomic E-state index is 11.3. The van der Waals surface area contributed by atoms with Crippen LogP contribution < -0.4 is 5.73 Å². The predicted octanol–water partition coefficient (Wildman–Crippen LogP) is 0.346. The normalized spacial score (nSPS) is 14.5. The first-order valence-electron chi connectivity index (χ1n) is 2.98. The van der Waals surface area contributed by atoms with Crippen molar-refractivity contribution in [3.05, 3.63) is 0 Å². The average molecular weight is 181 g/mol. The second kappa shape index (κ2) is 3.85. The topological polar surface area (TPSA) is 78.6 Å². The highest BCUT2D eigenvalue weighted by Gasteiger charge is 2.34. The highest BCUT2D eigenvalue weighted by molar-refractivity contribution is 7.55. The number of rotatable bonds is 4. The van der Waals surface area contributed by atoms with E-state index in [4.69, 9.17) is 5.73 Å². The van der Waals surface area contributed by atoms with E-state index in [9.17, 15) is 9.36 Å². The van der Waals surface area contributed by atoms with Gasteiger partial charge in [0, 0.05) is 14.2 Å². The molecule has 2 N–H and O–H groups in total. The third-order valence-corrected chi connectivity index (χ3v) is 3.62. The second-order valence-corrected chi connectivity index (χ2v) is 4.57. The van der Waals surface area contributed by atoms with Crippen LogP contribution in [0.4, 0.5) is 0 Å². The van der Waals surface area contributed by atoms with Gasteiger partial charge in [-0.15, -0.1) is 0 Å². The molecule has 0 heterocycles. The summed E-state index contributed by atoms with van der Waals surface area (Å²) < 4.78 is 20.4. The monoisotopic (exact) mass is 181 g/mol. The standard InChI is InChI=1S/C5H12NO4P/c1-4(5(6)7)11(8,9-2)10-3/h4H,1-3H3,(H2,6,7). The maximum atomic E-state index is 11.3. The summed E-state index contributed by atoms with van der Waals surface area (Å²) in [5, 5.41) is 0. The van der Waals surface area contributed by atoms with Gasteiger partial charge in [0.2, 0.25) is 5.91 Å². The Morgan fingerprint density at radius 1 is 1.45 bits per heavy atom. The number of carbonyl (C=O) groups excluding carboxylic acids is 1. The van der Waals surface area contributed by atoms with Crippen molar-refractivity contribution < 1.29 is 18.4 Å². The van der Waals surface area contributed by atoms with Crippen molar-refractivity contribution >= 4 is 13.5 Å². The molecule has 0 aromatic rings. The molecule has 1 atom stereocenters. The Kier molecular flexibility index (Phi) is 3.72. The number of hydrogen-bond acceptors (Lipinski definition) is 4. The van der Waals surface area contributed by atoms with Gasteiger partial charge in [-0.2, -0.15) is 0 Å². The van der Waals surface area contributed by atoms with E-state index in [1.807, 2.05) is 0 Å². The summed E-state index contributed by atoms with van der Waals surface area (Å²) in [6.07, 6.45) is 0. The highest BCUT2D eigenvalue weighted by atomic mass is 31.2. The summed E-state index contributed by atoms with van der Waals surface area (Å²) >= 11 is 0. The molecule has 0 spiro atoms. The molecule has 0 rings (SSSR count). The first-order chi connectivity index (χ1) is 4.98. The fourth-order valence-electron chi connectivity index (χ4n) is 0.547. The molecule has 11 heavy (non-hydrogen) atoms. The third-order valence-electron chi connectivity index (χ3n) is 1.40. The highest BCUT2D eigenvalue weighted by Crippen LogP contribution is 2.51. The fourth-order valence-corrected chi connectivity index (χ4v) is 1.64. The van der Waals surface area contributed by atoms with Crippen LogP contribution in [0.25, 0.3) is 0 Å². The zero-order valence-electron chi connectivity index (χ0n) is 6.73. The molecule has 0 aliphatic carbocycles. The van der Waals surface area contributed by atoms with Gasteiger partial charge in [-0.05, 0) is 6.92 Å². The zero-order chi connectivity index (χ0) is 9.07. The summed E-state index contributed by atoms with van der Waals surface area (Å²) in [6.45, 7) is 1.40. The lowest BCUT2D eigenvalue weighted by molar-refractivity contribution is -0.117. The van der Waals surface area contributed by atoms with E-state index in [0.29, 0.717) is 0 Å². The molecule has 0 aromatic carbocycles. The molecule has 0 aromatic heterocycles. The molecule has 1 amide bonds. The zero-order valence-corrected chi connectivity index (χ0v) is 7.63. The van der Waals surface area contributed by atoms with Gasteiger partial charge in [0.25, 0.3) is 0 Å². The van der Waals surface area contributed by atoms with Crippen LogP contribution in [-0.2, 0) is 18.4 Å². The molecular weight excluding hydrogens is 169 g/mol. The van der Waals surface area contributed by atoms with Gasteiger partial charge in [0.05, 0.1) is 0 Å². The molecule has 6 heteroatoms. The SMILES string of the molecule is COP(=O)(OC)C(C)C(N)=O. The molecular formula is C5H12NO4P. The summed E-state index contributed by atoms with van der Waals surface area (Å²) in [6, 6.07) is 0. The lowest BCUT2D eigenvalue weighted by Crippen LogP contribution is -2.26. The van der Waals surface area contributed by atoms with Crippen LogP contribution in [0.15, 0.2) is 0 Å². The lowest BCUT2D eigenvalue weighted by Gasteiger charge is -2.17. The van der Waals surface area contributed by atoms with Crippen LogP contribution in [0, 0.1) is 0 Å². The van der Waals surface area contributed by atoms with Gasteiger partial charge in [-0.25, -0.2) is 0 Å². The Hall–Kier alpha value is -0.380. The van der Waals surface area contributed by atoms with E-state index in [0.717, 1.165) is 0 Å². The van der Waals surface area contributed by atoms with E-state index < -0.39 is 19.2 Å². The molecule has 66 valence electrons. The molecule has 0 radical (unpaired) electrons. The number of primary amides is 1. The van der Waals surface area contributed by atoms with Crippen molar-refractivity contribution in [3.63, 3.8) is 0 Å². The first kappa shape index (κ1) is 10.6. The summed E-state index contributed by atoms with van der Waals surface area (Å²) in [7, 11) is -0.879. The van der Waals surface area contributed by atoms with Gasteiger partial charge in [-0.1, -0.05) is 0 Å². The second-order valence-electron chi connectivity index (χ2n) is 1.98. The molecule has 0 bridgehead atoms. The van der Waals surface area contributed by atoms with E-state index in [1.165, 1.54) is 21.1 Å². The molecule has 0 saturated carbocycles. The minimum atomic E-state index is -3.30. The molecule has 5 nitrogen and oxygen atoms in total. The van der Waals surface area contributed by atoms with Crippen molar-refractivity contribution in [2.24, 2.45) is 5.73 Å². The Morgan fingerprint density at radius 2 is 1.82 bits per heavy atom. The third kappa shape index (κ3) is 2.29. The average Bonchev–Trinajstić information content (AvgIpc) is 2.01. The number of nitrogens with two attached hydrogens (primary N) is 1. The van der Waals surface area contributed by atoms with Crippen molar-refractivity contribution in [1.29, 1.82) is 0 Å². The van der Waals surface area contributed by atoms with Crippen molar-refractivity contribution in [2.45, 2.75) is 12.6 Å². The van der Waals surface area contributed by atoms with Gasteiger partial charge >= 0.3 is 7.60 Å². The van der Waals surface area contributed by atoms with Crippen molar-refractivity contribution in [2.75, 3.05) is 14.2 Å². The molecule has 0 aliphatic rings. The van der Waals surface area contributed by atoms with Crippen LogP contribution in [0.2, 0.25) is 0 Å². The van der Waals surface area contributed by atoms with Crippen molar-refractivity contribution in [3.8, 4) is 0 Å². The van der Waals surface area contributed by atoms with Crippen molar-refractivity contribution in [1.82, 2.24) is 0 Å². The molecule has 0 saturated heterocycles. The molecule has 1 unspecified atom stereocenters. The molecule has 0 aliphatic heterocycles. The largest absolute Gasteiger partial charge is 0.369 e. The van der Waals surface area contributed by atoms with Crippen LogP contribution in [0.5, 0.6) is 0 Å². The Morgan fingerprint density at radius 3 is 1.91 bits per heavy atom. The molecule has 0 fully saturated rings. The quantitative estimate of drug-likeness (QED) is 0.634. The number of amides is 1. The number of carbonyl (C=O) groups is 1. The predicted molar refractivity (Wildman–Crippen MR) is 40.3 cm³/mol. The summed E-state index contributed by atoms with van der Waals surface area (Å²) in [5.74, 6) is -0.697. The van der Waals surface area contributed by atoms with E-state index in [-0.39, 0.29) is 0 Å². The van der Waals surface area contributed by atoms with Gasteiger partial charge < -0.3 is 14.8 Å². The van der Waals surface area contributed by atoms with E-state index in [2.05, 4.69) is 9.05 Å². The van der Waals surface area contributed by atoms with Crippen LogP contribution in [0.3, 0.4) is 0 Å². The Balaban J connectivity index is 4.51. The maximum Gasteiger partial charge on any atom is 0.342 e. The van der Waals surface area contributed by atoms with E-state index in [1.54, 1.807) is 0 Å².